The maximum Gasteiger partial charge on any atom is 0.0705 e. The largest absolute Gasteiger partial charge is 0.326 e. The first-order valence-electron chi connectivity index (χ1n) is 7.54. The first kappa shape index (κ1) is 13.5. The number of rotatable bonds is 3. The van der Waals surface area contributed by atoms with E-state index in [-0.39, 0.29) is 0 Å². The van der Waals surface area contributed by atoms with E-state index >= 15 is 0 Å². The van der Waals surface area contributed by atoms with E-state index < -0.39 is 0 Å². The van der Waals surface area contributed by atoms with E-state index in [1.54, 1.807) is 0 Å². The van der Waals surface area contributed by atoms with Crippen LogP contribution in [-0.2, 0) is 6.54 Å². The molecule has 1 saturated carbocycles. The SMILES string of the molecule is CN(Cc1ccc2ccccc2n1)C1CCCCC1N. The highest BCUT2D eigenvalue weighted by Crippen LogP contribution is 2.22. The topological polar surface area (TPSA) is 42.2 Å². The van der Waals surface area contributed by atoms with Gasteiger partial charge < -0.3 is 5.73 Å². The first-order valence-corrected chi connectivity index (χ1v) is 7.54. The fourth-order valence-corrected chi connectivity index (χ4v) is 3.26. The number of nitrogens with two attached hydrogens (primary N) is 1. The van der Waals surface area contributed by atoms with Gasteiger partial charge in [-0.25, -0.2) is 0 Å². The Morgan fingerprint density at radius 1 is 1.15 bits per heavy atom. The fraction of sp³-hybridized carbons (Fsp3) is 0.471. The monoisotopic (exact) mass is 269 g/mol. The zero-order valence-corrected chi connectivity index (χ0v) is 12.1. The van der Waals surface area contributed by atoms with E-state index in [2.05, 4.69) is 42.3 Å². The van der Waals surface area contributed by atoms with Crippen molar-refractivity contribution in [2.75, 3.05) is 7.05 Å². The van der Waals surface area contributed by atoms with E-state index in [4.69, 9.17) is 10.7 Å². The maximum absolute atomic E-state index is 6.26. The number of aromatic nitrogens is 1. The van der Waals surface area contributed by atoms with E-state index in [9.17, 15) is 0 Å². The highest BCUT2D eigenvalue weighted by atomic mass is 15.2. The van der Waals surface area contributed by atoms with E-state index in [1.807, 2.05) is 6.07 Å². The Bertz CT molecular complexity index is 581. The summed E-state index contributed by atoms with van der Waals surface area (Å²) in [7, 11) is 2.17. The van der Waals surface area contributed by atoms with Gasteiger partial charge in [0, 0.05) is 24.0 Å². The molecule has 1 heterocycles. The highest BCUT2D eigenvalue weighted by molar-refractivity contribution is 5.78. The fourth-order valence-electron chi connectivity index (χ4n) is 3.26. The molecular formula is C17H23N3. The van der Waals surface area contributed by atoms with Crippen LogP contribution in [0.25, 0.3) is 10.9 Å². The van der Waals surface area contributed by atoms with Gasteiger partial charge >= 0.3 is 0 Å². The average molecular weight is 269 g/mol. The second kappa shape index (κ2) is 5.90. The third kappa shape index (κ3) is 2.84. The molecule has 1 aromatic carbocycles. The molecule has 20 heavy (non-hydrogen) atoms. The van der Waals surface area contributed by atoms with Crippen LogP contribution in [0.15, 0.2) is 36.4 Å². The van der Waals surface area contributed by atoms with Crippen molar-refractivity contribution in [3.63, 3.8) is 0 Å². The molecule has 3 rings (SSSR count). The Hall–Kier alpha value is -1.45. The molecule has 1 aliphatic rings. The molecule has 1 aromatic heterocycles. The zero-order valence-electron chi connectivity index (χ0n) is 12.1. The van der Waals surface area contributed by atoms with Crippen LogP contribution in [0.4, 0.5) is 0 Å². The van der Waals surface area contributed by atoms with E-state index in [1.165, 1.54) is 24.6 Å². The molecule has 1 aliphatic carbocycles. The standard InChI is InChI=1S/C17H23N3/c1-20(17-9-5-3-7-15(17)18)12-14-11-10-13-6-2-4-8-16(13)19-14/h2,4,6,8,10-11,15,17H,3,5,7,9,12,18H2,1H3. The Kier molecular flexibility index (Phi) is 3.99. The molecule has 106 valence electrons. The second-order valence-corrected chi connectivity index (χ2v) is 5.93. The van der Waals surface area contributed by atoms with Crippen LogP contribution >= 0.6 is 0 Å². The predicted octanol–water partition coefficient (Wildman–Crippen LogP) is 2.94. The van der Waals surface area contributed by atoms with Crippen LogP contribution in [0, 0.1) is 0 Å². The zero-order chi connectivity index (χ0) is 13.9. The summed E-state index contributed by atoms with van der Waals surface area (Å²) in [6.45, 7) is 0.878. The minimum Gasteiger partial charge on any atom is -0.326 e. The van der Waals surface area contributed by atoms with Crippen molar-refractivity contribution in [1.29, 1.82) is 0 Å². The Balaban J connectivity index is 1.74. The predicted molar refractivity (Wildman–Crippen MR) is 83.4 cm³/mol. The summed E-state index contributed by atoms with van der Waals surface area (Å²) < 4.78 is 0. The van der Waals surface area contributed by atoms with Crippen LogP contribution in [0.3, 0.4) is 0 Å². The third-order valence-electron chi connectivity index (χ3n) is 4.42. The molecule has 2 atom stereocenters. The summed E-state index contributed by atoms with van der Waals surface area (Å²) in [6, 6.07) is 13.4. The van der Waals surface area contributed by atoms with Crippen LogP contribution < -0.4 is 5.73 Å². The molecular weight excluding hydrogens is 246 g/mol. The van der Waals surface area contributed by atoms with Crippen molar-refractivity contribution >= 4 is 10.9 Å². The van der Waals surface area contributed by atoms with Gasteiger partial charge in [-0.15, -0.1) is 0 Å². The minimum atomic E-state index is 0.314. The Labute approximate surface area is 120 Å². The number of nitrogens with zero attached hydrogens (tertiary/aromatic N) is 2. The van der Waals surface area contributed by atoms with Gasteiger partial charge in [0.1, 0.15) is 0 Å². The summed E-state index contributed by atoms with van der Waals surface area (Å²) in [4.78, 5) is 7.13. The molecule has 2 unspecified atom stereocenters. The van der Waals surface area contributed by atoms with Crippen LogP contribution in [-0.4, -0.2) is 29.0 Å². The minimum absolute atomic E-state index is 0.314. The lowest BCUT2D eigenvalue weighted by molar-refractivity contribution is 0.161. The van der Waals surface area contributed by atoms with Gasteiger partial charge in [-0.05, 0) is 32.0 Å². The number of benzene rings is 1. The molecule has 2 N–H and O–H groups in total. The summed E-state index contributed by atoms with van der Waals surface area (Å²) in [5.41, 5.74) is 8.47. The van der Waals surface area contributed by atoms with Gasteiger partial charge in [-0.2, -0.15) is 0 Å². The number of para-hydroxylation sites is 1. The van der Waals surface area contributed by atoms with Gasteiger partial charge in [0.15, 0.2) is 0 Å². The molecule has 0 bridgehead atoms. The van der Waals surface area contributed by atoms with Crippen molar-refractivity contribution in [3.05, 3.63) is 42.1 Å². The van der Waals surface area contributed by atoms with Crippen molar-refractivity contribution in [1.82, 2.24) is 9.88 Å². The second-order valence-electron chi connectivity index (χ2n) is 5.93. The van der Waals surface area contributed by atoms with Crippen molar-refractivity contribution in [2.45, 2.75) is 44.3 Å². The number of pyridine rings is 1. The van der Waals surface area contributed by atoms with E-state index in [0.717, 1.165) is 24.2 Å². The summed E-state index contributed by atoms with van der Waals surface area (Å²) in [5.74, 6) is 0. The number of likely N-dealkylation sites (N-methyl/N-ethyl adjacent to an activating group) is 1. The lowest BCUT2D eigenvalue weighted by Crippen LogP contribution is -2.47. The number of hydrogen-bond acceptors (Lipinski definition) is 3. The van der Waals surface area contributed by atoms with Crippen LogP contribution in [0.5, 0.6) is 0 Å². The maximum atomic E-state index is 6.26. The summed E-state index contributed by atoms with van der Waals surface area (Å²) in [5, 5.41) is 1.20. The molecule has 1 fully saturated rings. The van der Waals surface area contributed by atoms with Gasteiger partial charge in [-0.1, -0.05) is 37.1 Å². The Morgan fingerprint density at radius 3 is 2.80 bits per heavy atom. The summed E-state index contributed by atoms with van der Waals surface area (Å²) in [6.07, 6.45) is 4.94. The smallest absolute Gasteiger partial charge is 0.0705 e. The van der Waals surface area contributed by atoms with Gasteiger partial charge in [0.25, 0.3) is 0 Å². The van der Waals surface area contributed by atoms with Crippen LogP contribution in [0.1, 0.15) is 31.4 Å². The van der Waals surface area contributed by atoms with Crippen molar-refractivity contribution in [3.8, 4) is 0 Å². The van der Waals surface area contributed by atoms with Gasteiger partial charge in [0.05, 0.1) is 11.2 Å². The molecule has 2 aromatic rings. The lowest BCUT2D eigenvalue weighted by Gasteiger charge is -2.35. The third-order valence-corrected chi connectivity index (χ3v) is 4.42. The molecule has 3 nitrogen and oxygen atoms in total. The number of hydrogen-bond donors (Lipinski definition) is 1. The van der Waals surface area contributed by atoms with E-state index in [0.29, 0.717) is 12.1 Å². The first-order chi connectivity index (χ1) is 9.74. The van der Waals surface area contributed by atoms with Gasteiger partial charge in [-0.3, -0.25) is 9.88 Å². The molecule has 0 amide bonds. The normalized spacial score (nSPS) is 23.4. The quantitative estimate of drug-likeness (QED) is 0.931. The highest BCUT2D eigenvalue weighted by Gasteiger charge is 2.25. The lowest BCUT2D eigenvalue weighted by atomic mass is 9.90. The Morgan fingerprint density at radius 2 is 1.95 bits per heavy atom. The van der Waals surface area contributed by atoms with Crippen LogP contribution in [0.2, 0.25) is 0 Å². The van der Waals surface area contributed by atoms with Crippen molar-refractivity contribution < 1.29 is 0 Å². The summed E-state index contributed by atoms with van der Waals surface area (Å²) >= 11 is 0. The average Bonchev–Trinajstić information content (AvgIpc) is 2.47. The molecule has 0 radical (unpaired) electrons. The number of fused-ring (bicyclic) bond motifs is 1. The van der Waals surface area contributed by atoms with Gasteiger partial charge in [0.2, 0.25) is 0 Å². The molecule has 0 saturated heterocycles. The molecule has 0 aliphatic heterocycles. The molecule has 3 heteroatoms. The molecule has 0 spiro atoms. The van der Waals surface area contributed by atoms with Crippen molar-refractivity contribution in [2.24, 2.45) is 5.73 Å².